The lowest BCUT2D eigenvalue weighted by Gasteiger charge is -2.42. The van der Waals surface area contributed by atoms with Crippen molar-refractivity contribution in [2.45, 2.75) is 43.9 Å². The van der Waals surface area contributed by atoms with E-state index in [-0.39, 0.29) is 53.4 Å². The molecule has 3 saturated heterocycles. The van der Waals surface area contributed by atoms with Gasteiger partial charge >= 0.3 is 0 Å². The van der Waals surface area contributed by atoms with E-state index in [4.69, 9.17) is 0 Å². The number of nitriles is 1. The molecule has 2 aromatic rings. The van der Waals surface area contributed by atoms with Gasteiger partial charge in [0.15, 0.2) is 0 Å². The van der Waals surface area contributed by atoms with Crippen LogP contribution >= 0.6 is 36.6 Å². The van der Waals surface area contributed by atoms with E-state index in [1.54, 1.807) is 12.1 Å². The third kappa shape index (κ3) is 7.35. The van der Waals surface area contributed by atoms with Gasteiger partial charge in [0.1, 0.15) is 0 Å². The first-order valence-electron chi connectivity index (χ1n) is 12.9. The molecule has 0 radical (unpaired) electrons. The van der Waals surface area contributed by atoms with E-state index < -0.39 is 0 Å². The molecule has 9 nitrogen and oxygen atoms in total. The van der Waals surface area contributed by atoms with Gasteiger partial charge in [0.25, 0.3) is 5.69 Å². The van der Waals surface area contributed by atoms with Crippen LogP contribution in [-0.4, -0.2) is 76.6 Å². The van der Waals surface area contributed by atoms with E-state index in [0.29, 0.717) is 11.6 Å². The van der Waals surface area contributed by atoms with E-state index >= 15 is 0 Å². The monoisotopic (exact) mass is 592 g/mol. The molecule has 1 amide bonds. The van der Waals surface area contributed by atoms with Crippen molar-refractivity contribution in [3.8, 4) is 6.07 Å². The van der Waals surface area contributed by atoms with E-state index in [1.807, 2.05) is 53.1 Å². The van der Waals surface area contributed by atoms with Gasteiger partial charge in [0, 0.05) is 68.4 Å². The van der Waals surface area contributed by atoms with Gasteiger partial charge in [0.05, 0.1) is 28.5 Å². The number of rotatable bonds is 7. The fourth-order valence-corrected chi connectivity index (χ4v) is 6.61. The Morgan fingerprint density at radius 1 is 1.08 bits per heavy atom. The molecule has 2 atom stereocenters. The summed E-state index contributed by atoms with van der Waals surface area (Å²) >= 11 is 1.81. The summed E-state index contributed by atoms with van der Waals surface area (Å²) in [7, 11) is 0. The average Bonchev–Trinajstić information content (AvgIpc) is 3.65. The van der Waals surface area contributed by atoms with Crippen LogP contribution in [0.2, 0.25) is 0 Å². The van der Waals surface area contributed by atoms with Gasteiger partial charge in [0.2, 0.25) is 5.91 Å². The average molecular weight is 594 g/mol. The molecule has 3 aliphatic heterocycles. The molecule has 0 spiro atoms. The number of thioether (sulfide) groups is 1. The molecule has 3 fully saturated rings. The highest BCUT2D eigenvalue weighted by molar-refractivity contribution is 7.99. The molecule has 0 bridgehead atoms. The molecule has 0 saturated carbocycles. The quantitative estimate of drug-likeness (QED) is 0.379. The maximum atomic E-state index is 13.0. The highest BCUT2D eigenvalue weighted by atomic mass is 35.5. The summed E-state index contributed by atoms with van der Waals surface area (Å²) < 4.78 is 0. The van der Waals surface area contributed by atoms with Gasteiger partial charge in [-0.1, -0.05) is 12.1 Å². The minimum absolute atomic E-state index is 0. The number of carbonyl (C=O) groups excluding carboxylic acids is 1. The SMILES string of the molecule is Cl.Cl.N#Cc1ccc(CN(C2CCN(c3ccc([N+](=O)[O-])cc3)CC2)C2CNC(C(=O)N3CCSC3)C2)cc1. The van der Waals surface area contributed by atoms with Gasteiger partial charge in [-0.2, -0.15) is 5.26 Å². The molecule has 2 aromatic carbocycles. The van der Waals surface area contributed by atoms with Crippen LogP contribution in [0.5, 0.6) is 0 Å². The summed E-state index contributed by atoms with van der Waals surface area (Å²) in [6, 6.07) is 17.3. The Balaban J connectivity index is 0.00000210. The lowest BCUT2D eigenvalue weighted by Crippen LogP contribution is -2.49. The fourth-order valence-electron chi connectivity index (χ4n) is 5.66. The van der Waals surface area contributed by atoms with Crippen LogP contribution in [0.1, 0.15) is 30.4 Å². The fraction of sp³-hybridized carbons (Fsp3) is 0.481. The number of hydrogen-bond acceptors (Lipinski definition) is 8. The maximum absolute atomic E-state index is 13.0. The number of hydrogen-bond donors (Lipinski definition) is 1. The third-order valence-electron chi connectivity index (χ3n) is 7.75. The van der Waals surface area contributed by atoms with Crippen LogP contribution in [0.3, 0.4) is 0 Å². The largest absolute Gasteiger partial charge is 0.371 e. The Morgan fingerprint density at radius 3 is 2.36 bits per heavy atom. The Morgan fingerprint density at radius 2 is 1.77 bits per heavy atom. The Labute approximate surface area is 245 Å². The van der Waals surface area contributed by atoms with Gasteiger partial charge in [-0.3, -0.25) is 19.8 Å². The molecule has 1 N–H and O–H groups in total. The standard InChI is InChI=1S/C27H32N6O3S.2ClH/c28-16-20-1-3-21(4-2-20)18-32(25-15-26(29-17-25)27(34)31-13-14-37-19-31)23-9-11-30(12-10-23)22-5-7-24(8-6-22)33(35)36;;/h1-8,23,25-26,29H,9-15,17-19H2;2*1H. The second kappa shape index (κ2) is 14.2. The zero-order chi connectivity index (χ0) is 25.8. The zero-order valence-electron chi connectivity index (χ0n) is 21.6. The number of nitrogens with one attached hydrogen (secondary N) is 1. The number of nitro groups is 1. The summed E-state index contributed by atoms with van der Waals surface area (Å²) in [6.45, 7) is 4.15. The molecule has 0 aromatic heterocycles. The number of amides is 1. The second-order valence-electron chi connectivity index (χ2n) is 9.96. The number of piperidine rings is 1. The summed E-state index contributed by atoms with van der Waals surface area (Å²) in [5.74, 6) is 2.02. The molecule has 5 rings (SSSR count). The Hall–Kier alpha value is -2.55. The van der Waals surface area contributed by atoms with Crippen LogP contribution in [0.25, 0.3) is 0 Å². The number of nitrogens with zero attached hydrogens (tertiary/aromatic N) is 5. The van der Waals surface area contributed by atoms with Crippen molar-refractivity contribution in [3.63, 3.8) is 0 Å². The highest BCUT2D eigenvalue weighted by Gasteiger charge is 2.38. The molecule has 12 heteroatoms. The number of benzene rings is 2. The maximum Gasteiger partial charge on any atom is 0.269 e. The predicted molar refractivity (Wildman–Crippen MR) is 159 cm³/mol. The first kappa shape index (κ1) is 31.0. The second-order valence-corrected chi connectivity index (χ2v) is 11.0. The first-order valence-corrected chi connectivity index (χ1v) is 14.0. The first-order chi connectivity index (χ1) is 18.0. The molecule has 3 aliphatic rings. The van der Waals surface area contributed by atoms with Gasteiger partial charge in [-0.15, -0.1) is 36.6 Å². The van der Waals surface area contributed by atoms with E-state index in [2.05, 4.69) is 21.2 Å². The van der Waals surface area contributed by atoms with Gasteiger partial charge < -0.3 is 15.1 Å². The summed E-state index contributed by atoms with van der Waals surface area (Å²) in [6.07, 6.45) is 2.76. The van der Waals surface area contributed by atoms with E-state index in [1.165, 1.54) is 5.56 Å². The van der Waals surface area contributed by atoms with Gasteiger partial charge in [-0.05, 0) is 49.1 Å². The number of halogens is 2. The molecular weight excluding hydrogens is 559 g/mol. The number of nitro benzene ring substituents is 1. The minimum Gasteiger partial charge on any atom is -0.371 e. The third-order valence-corrected chi connectivity index (χ3v) is 8.71. The minimum atomic E-state index is -0.368. The topological polar surface area (TPSA) is 106 Å². The van der Waals surface area contributed by atoms with Crippen LogP contribution < -0.4 is 10.2 Å². The predicted octanol–water partition coefficient (Wildman–Crippen LogP) is 4.04. The van der Waals surface area contributed by atoms with Crippen LogP contribution in [-0.2, 0) is 11.3 Å². The van der Waals surface area contributed by atoms with Crippen molar-refractivity contribution in [1.82, 2.24) is 15.1 Å². The van der Waals surface area contributed by atoms with Gasteiger partial charge in [-0.25, -0.2) is 0 Å². The molecular formula is C27H34Cl2N6O3S. The van der Waals surface area contributed by atoms with Crippen LogP contribution in [0.15, 0.2) is 48.5 Å². The molecule has 3 heterocycles. The smallest absolute Gasteiger partial charge is 0.269 e. The van der Waals surface area contributed by atoms with Crippen molar-refractivity contribution in [2.24, 2.45) is 0 Å². The van der Waals surface area contributed by atoms with E-state index in [9.17, 15) is 20.2 Å². The van der Waals surface area contributed by atoms with E-state index in [0.717, 1.165) is 69.3 Å². The van der Waals surface area contributed by atoms with Crippen molar-refractivity contribution in [2.75, 3.05) is 42.7 Å². The van der Waals surface area contributed by atoms with Crippen molar-refractivity contribution >= 4 is 53.9 Å². The lowest BCUT2D eigenvalue weighted by atomic mass is 9.98. The zero-order valence-corrected chi connectivity index (χ0v) is 24.1. The Kier molecular flexibility index (Phi) is 11.3. The molecule has 2 unspecified atom stereocenters. The molecule has 0 aliphatic carbocycles. The summed E-state index contributed by atoms with van der Waals surface area (Å²) in [5, 5.41) is 23.7. The summed E-state index contributed by atoms with van der Waals surface area (Å²) in [4.78, 5) is 30.5. The normalized spacial score (nSPS) is 21.2. The van der Waals surface area contributed by atoms with Crippen LogP contribution in [0.4, 0.5) is 11.4 Å². The lowest BCUT2D eigenvalue weighted by molar-refractivity contribution is -0.384. The highest BCUT2D eigenvalue weighted by Crippen LogP contribution is 2.29. The van der Waals surface area contributed by atoms with Crippen molar-refractivity contribution < 1.29 is 9.72 Å². The molecule has 210 valence electrons. The van der Waals surface area contributed by atoms with Crippen molar-refractivity contribution in [1.29, 1.82) is 5.26 Å². The number of carbonyl (C=O) groups is 1. The Bertz CT molecular complexity index is 1150. The van der Waals surface area contributed by atoms with Crippen molar-refractivity contribution in [3.05, 3.63) is 69.8 Å². The molecule has 39 heavy (non-hydrogen) atoms. The summed E-state index contributed by atoms with van der Waals surface area (Å²) in [5.41, 5.74) is 2.95. The number of anilines is 1. The number of non-ortho nitro benzene ring substituents is 1. The van der Waals surface area contributed by atoms with Crippen LogP contribution in [0, 0.1) is 21.4 Å².